The average molecular weight is 383 g/mol. The van der Waals surface area contributed by atoms with Crippen LogP contribution in [0.1, 0.15) is 40.0 Å². The highest BCUT2D eigenvalue weighted by Gasteiger charge is 2.47. The lowest BCUT2D eigenvalue weighted by Gasteiger charge is -2.37. The number of nitrogens with zero attached hydrogens (tertiary/aromatic N) is 2. The number of aromatic amines is 1. The number of benzene rings is 1. The predicted octanol–water partition coefficient (Wildman–Crippen LogP) is 4.04. The highest BCUT2D eigenvalue weighted by atomic mass is 16.5. The SMILES string of the molecule is CCCC(=O)C1=C(O)[C@H](C(=O)OC)C(C)(C)CC1=Nc1nc2ccccc2[nH]1. The zero-order valence-corrected chi connectivity index (χ0v) is 16.6. The average Bonchev–Trinajstić information content (AvgIpc) is 3.02. The number of carbonyl (C=O) groups is 2. The lowest BCUT2D eigenvalue weighted by Crippen LogP contribution is -2.41. The minimum Gasteiger partial charge on any atom is -0.511 e. The van der Waals surface area contributed by atoms with E-state index in [0.29, 0.717) is 24.5 Å². The molecule has 7 heteroatoms. The summed E-state index contributed by atoms with van der Waals surface area (Å²) in [7, 11) is 1.28. The number of Topliss-reactive ketones (excluding diaryl/α,β-unsaturated/α-hetero) is 1. The van der Waals surface area contributed by atoms with Gasteiger partial charge in [0.1, 0.15) is 11.7 Å². The van der Waals surface area contributed by atoms with E-state index in [9.17, 15) is 14.7 Å². The Kier molecular flexibility index (Phi) is 5.36. The van der Waals surface area contributed by atoms with Gasteiger partial charge in [-0.1, -0.05) is 32.9 Å². The number of methoxy groups -OCH3 is 1. The number of nitrogens with one attached hydrogen (secondary N) is 1. The highest BCUT2D eigenvalue weighted by Crippen LogP contribution is 2.43. The molecule has 1 heterocycles. The molecule has 0 bridgehead atoms. The van der Waals surface area contributed by atoms with Crippen LogP contribution >= 0.6 is 0 Å². The first-order valence-corrected chi connectivity index (χ1v) is 9.35. The molecule has 1 aromatic carbocycles. The molecule has 3 rings (SSSR count). The number of carbonyl (C=O) groups excluding carboxylic acids is 2. The van der Waals surface area contributed by atoms with Crippen LogP contribution in [0.25, 0.3) is 11.0 Å². The van der Waals surface area contributed by atoms with Gasteiger partial charge in [0, 0.05) is 6.42 Å². The molecule has 2 N–H and O–H groups in total. The van der Waals surface area contributed by atoms with Gasteiger partial charge in [0.15, 0.2) is 5.78 Å². The second-order valence-corrected chi connectivity index (χ2v) is 7.69. The molecule has 2 aromatic rings. The van der Waals surface area contributed by atoms with E-state index in [4.69, 9.17) is 4.74 Å². The number of aromatic nitrogens is 2. The van der Waals surface area contributed by atoms with Crippen LogP contribution in [0, 0.1) is 11.3 Å². The van der Waals surface area contributed by atoms with E-state index in [1.807, 2.05) is 45.0 Å². The molecule has 1 aliphatic rings. The Morgan fingerprint density at radius 1 is 1.36 bits per heavy atom. The molecule has 148 valence electrons. The van der Waals surface area contributed by atoms with Gasteiger partial charge in [0.2, 0.25) is 5.95 Å². The molecule has 0 saturated carbocycles. The molecule has 0 spiro atoms. The highest BCUT2D eigenvalue weighted by molar-refractivity contribution is 6.24. The maximum absolute atomic E-state index is 12.8. The second-order valence-electron chi connectivity index (χ2n) is 7.69. The number of hydrogen-bond donors (Lipinski definition) is 2. The predicted molar refractivity (Wildman–Crippen MR) is 107 cm³/mol. The van der Waals surface area contributed by atoms with Crippen LogP contribution in [0.3, 0.4) is 0 Å². The Labute approximate surface area is 163 Å². The van der Waals surface area contributed by atoms with Gasteiger partial charge in [-0.3, -0.25) is 9.59 Å². The zero-order chi connectivity index (χ0) is 20.5. The molecule has 0 aliphatic heterocycles. The maximum Gasteiger partial charge on any atom is 0.316 e. The van der Waals surface area contributed by atoms with Crippen molar-refractivity contribution in [2.75, 3.05) is 7.11 Å². The molecule has 28 heavy (non-hydrogen) atoms. The van der Waals surface area contributed by atoms with Crippen LogP contribution < -0.4 is 0 Å². The Balaban J connectivity index is 2.15. The number of fused-ring (bicyclic) bond motifs is 1. The summed E-state index contributed by atoms with van der Waals surface area (Å²) in [5.41, 5.74) is 1.47. The number of rotatable bonds is 5. The topological polar surface area (TPSA) is 105 Å². The Morgan fingerprint density at radius 3 is 2.71 bits per heavy atom. The van der Waals surface area contributed by atoms with Crippen molar-refractivity contribution in [1.82, 2.24) is 9.97 Å². The summed E-state index contributed by atoms with van der Waals surface area (Å²) >= 11 is 0. The lowest BCUT2D eigenvalue weighted by molar-refractivity contribution is -0.149. The van der Waals surface area contributed by atoms with Gasteiger partial charge < -0.3 is 14.8 Å². The van der Waals surface area contributed by atoms with E-state index in [1.54, 1.807) is 0 Å². The molecule has 0 radical (unpaired) electrons. The molecule has 1 atom stereocenters. The van der Waals surface area contributed by atoms with Crippen molar-refractivity contribution < 1.29 is 19.4 Å². The van der Waals surface area contributed by atoms with Crippen LogP contribution in [0.5, 0.6) is 0 Å². The van der Waals surface area contributed by atoms with Crippen LogP contribution in [-0.4, -0.2) is 39.6 Å². The molecule has 0 saturated heterocycles. The van der Waals surface area contributed by atoms with Gasteiger partial charge in [-0.25, -0.2) is 9.98 Å². The van der Waals surface area contributed by atoms with E-state index < -0.39 is 17.3 Å². The second kappa shape index (κ2) is 7.58. The molecular formula is C21H25N3O4. The lowest BCUT2D eigenvalue weighted by atomic mass is 9.67. The summed E-state index contributed by atoms with van der Waals surface area (Å²) in [5.74, 6) is -1.62. The number of aliphatic hydroxyl groups excluding tert-OH is 1. The van der Waals surface area contributed by atoms with Crippen LogP contribution in [0.15, 0.2) is 40.6 Å². The Hall–Kier alpha value is -2.96. The van der Waals surface area contributed by atoms with Gasteiger partial charge in [-0.2, -0.15) is 0 Å². The Morgan fingerprint density at radius 2 is 2.07 bits per heavy atom. The molecule has 0 fully saturated rings. The fourth-order valence-corrected chi connectivity index (χ4v) is 3.70. The summed E-state index contributed by atoms with van der Waals surface area (Å²) in [6, 6.07) is 7.53. The molecule has 0 unspecified atom stereocenters. The minimum atomic E-state index is -0.914. The molecular weight excluding hydrogens is 358 g/mol. The smallest absolute Gasteiger partial charge is 0.316 e. The third-order valence-corrected chi connectivity index (χ3v) is 5.03. The Bertz CT molecular complexity index is 951. The van der Waals surface area contributed by atoms with Crippen LogP contribution in [0.4, 0.5) is 5.95 Å². The van der Waals surface area contributed by atoms with E-state index >= 15 is 0 Å². The molecule has 7 nitrogen and oxygen atoms in total. The first-order valence-electron chi connectivity index (χ1n) is 9.35. The summed E-state index contributed by atoms with van der Waals surface area (Å²) < 4.78 is 4.87. The van der Waals surface area contributed by atoms with Gasteiger partial charge in [-0.15, -0.1) is 0 Å². The standard InChI is InChI=1S/C21H25N3O4/c1-5-8-15(25)16-14(11-21(2,3)17(18(16)26)19(27)28-4)24-20-22-12-9-6-7-10-13(12)23-20/h6-7,9-10,17,26H,5,8,11H2,1-4H3,(H,22,23)/t17-/m1/s1. The van der Waals surface area contributed by atoms with Gasteiger partial charge in [0.25, 0.3) is 0 Å². The van der Waals surface area contributed by atoms with E-state index in [-0.39, 0.29) is 23.5 Å². The first-order chi connectivity index (χ1) is 13.3. The number of esters is 1. The number of hydrogen-bond acceptors (Lipinski definition) is 6. The summed E-state index contributed by atoms with van der Waals surface area (Å²) in [4.78, 5) is 37.2. The number of ether oxygens (including phenoxy) is 1. The van der Waals surface area contributed by atoms with E-state index in [2.05, 4.69) is 15.0 Å². The molecule has 1 aliphatic carbocycles. The van der Waals surface area contributed by atoms with Crippen LogP contribution in [0.2, 0.25) is 0 Å². The maximum atomic E-state index is 12.8. The largest absolute Gasteiger partial charge is 0.511 e. The number of imidazole rings is 1. The normalized spacial score (nSPS) is 20.6. The zero-order valence-electron chi connectivity index (χ0n) is 16.6. The van der Waals surface area contributed by atoms with Crippen molar-refractivity contribution in [2.45, 2.75) is 40.0 Å². The number of H-pyrrole nitrogens is 1. The summed E-state index contributed by atoms with van der Waals surface area (Å²) in [5, 5.41) is 10.9. The summed E-state index contributed by atoms with van der Waals surface area (Å²) in [6.45, 7) is 5.58. The number of allylic oxidation sites excluding steroid dienone is 1. The third-order valence-electron chi connectivity index (χ3n) is 5.03. The monoisotopic (exact) mass is 383 g/mol. The number of para-hydroxylation sites is 2. The summed E-state index contributed by atoms with van der Waals surface area (Å²) in [6.07, 6.45) is 1.21. The van der Waals surface area contributed by atoms with Crippen molar-refractivity contribution in [1.29, 1.82) is 0 Å². The molecule has 0 amide bonds. The van der Waals surface area contributed by atoms with Crippen molar-refractivity contribution >= 4 is 34.4 Å². The van der Waals surface area contributed by atoms with E-state index in [1.165, 1.54) is 7.11 Å². The van der Waals surface area contributed by atoms with Gasteiger partial charge in [-0.05, 0) is 30.4 Å². The van der Waals surface area contributed by atoms with Crippen molar-refractivity contribution in [3.63, 3.8) is 0 Å². The number of aliphatic hydroxyl groups is 1. The van der Waals surface area contributed by atoms with Gasteiger partial charge in [0.05, 0.1) is 29.4 Å². The van der Waals surface area contributed by atoms with Crippen molar-refractivity contribution in [3.05, 3.63) is 35.6 Å². The number of aliphatic imine (C=N–C) groups is 1. The van der Waals surface area contributed by atoms with Crippen molar-refractivity contribution in [2.24, 2.45) is 16.3 Å². The molecule has 1 aromatic heterocycles. The quantitative estimate of drug-likeness (QED) is 0.758. The number of ketones is 1. The fourth-order valence-electron chi connectivity index (χ4n) is 3.70. The van der Waals surface area contributed by atoms with E-state index in [0.717, 1.165) is 11.0 Å². The van der Waals surface area contributed by atoms with Crippen LogP contribution in [-0.2, 0) is 14.3 Å². The fraction of sp³-hybridized carbons (Fsp3) is 0.429. The first kappa shape index (κ1) is 19.8. The van der Waals surface area contributed by atoms with Crippen molar-refractivity contribution in [3.8, 4) is 0 Å². The third kappa shape index (κ3) is 3.56. The van der Waals surface area contributed by atoms with Gasteiger partial charge >= 0.3 is 5.97 Å². The minimum absolute atomic E-state index is 0.108.